The minimum atomic E-state index is -1.24. The van der Waals surface area contributed by atoms with Gasteiger partial charge < -0.3 is 14.7 Å². The SMILES string of the molecule is CCCC(C(=O)N(C)C)N(C)C(=O)OC(CC(C)CCc1ccccc1)C(=O)O. The molecular formula is C22H34N2O5. The number of aliphatic carboxylic acids is 1. The molecule has 0 spiro atoms. The summed E-state index contributed by atoms with van der Waals surface area (Å²) in [6.45, 7) is 3.87. The molecule has 0 saturated heterocycles. The molecule has 7 nitrogen and oxygen atoms in total. The van der Waals surface area contributed by atoms with E-state index in [1.165, 1.54) is 22.4 Å². The van der Waals surface area contributed by atoms with Crippen molar-refractivity contribution < 1.29 is 24.2 Å². The van der Waals surface area contributed by atoms with Crippen LogP contribution in [-0.4, -0.2) is 66.2 Å². The van der Waals surface area contributed by atoms with Gasteiger partial charge in [0.1, 0.15) is 6.04 Å². The molecule has 0 aromatic heterocycles. The first-order chi connectivity index (χ1) is 13.7. The summed E-state index contributed by atoms with van der Waals surface area (Å²) in [7, 11) is 4.72. The van der Waals surface area contributed by atoms with Gasteiger partial charge in [-0.2, -0.15) is 0 Å². The zero-order chi connectivity index (χ0) is 22.0. The molecule has 0 aliphatic carbocycles. The topological polar surface area (TPSA) is 87.2 Å². The number of likely N-dealkylation sites (N-methyl/N-ethyl adjacent to an activating group) is 2. The van der Waals surface area contributed by atoms with Crippen LogP contribution < -0.4 is 0 Å². The average Bonchev–Trinajstić information content (AvgIpc) is 2.69. The highest BCUT2D eigenvalue weighted by Gasteiger charge is 2.32. The highest BCUT2D eigenvalue weighted by atomic mass is 16.6. The number of ether oxygens (including phenoxy) is 1. The number of carboxylic acid groups (broad SMARTS) is 1. The molecule has 1 aromatic rings. The zero-order valence-electron chi connectivity index (χ0n) is 18.1. The van der Waals surface area contributed by atoms with Crippen LogP contribution >= 0.6 is 0 Å². The molecule has 0 aliphatic heterocycles. The molecule has 3 unspecified atom stereocenters. The van der Waals surface area contributed by atoms with E-state index in [9.17, 15) is 19.5 Å². The number of nitrogens with zero attached hydrogens (tertiary/aromatic N) is 2. The number of amides is 2. The van der Waals surface area contributed by atoms with Gasteiger partial charge in [-0.15, -0.1) is 0 Å². The fraction of sp³-hybridized carbons (Fsp3) is 0.591. The van der Waals surface area contributed by atoms with Crippen LogP contribution in [-0.2, 0) is 20.7 Å². The number of hydrogen-bond donors (Lipinski definition) is 1. The minimum absolute atomic E-state index is 0.0595. The second-order valence-corrected chi connectivity index (χ2v) is 7.72. The molecule has 0 aliphatic rings. The molecule has 3 atom stereocenters. The van der Waals surface area contributed by atoms with Gasteiger partial charge in [-0.1, -0.05) is 50.6 Å². The summed E-state index contributed by atoms with van der Waals surface area (Å²) in [4.78, 5) is 39.1. The van der Waals surface area contributed by atoms with Gasteiger partial charge in [-0.05, 0) is 37.2 Å². The molecule has 0 radical (unpaired) electrons. The summed E-state index contributed by atoms with van der Waals surface area (Å²) in [5, 5.41) is 9.51. The van der Waals surface area contributed by atoms with Crippen molar-refractivity contribution in [2.24, 2.45) is 5.92 Å². The molecule has 0 heterocycles. The van der Waals surface area contributed by atoms with Crippen LogP contribution in [0.2, 0.25) is 0 Å². The van der Waals surface area contributed by atoms with Crippen LogP contribution in [0.3, 0.4) is 0 Å². The van der Waals surface area contributed by atoms with Crippen LogP contribution in [0.1, 0.15) is 45.1 Å². The third-order valence-electron chi connectivity index (χ3n) is 4.95. The van der Waals surface area contributed by atoms with Crippen molar-refractivity contribution in [3.8, 4) is 0 Å². The third-order valence-corrected chi connectivity index (χ3v) is 4.95. The lowest BCUT2D eigenvalue weighted by Crippen LogP contribution is -2.48. The number of benzene rings is 1. The number of carboxylic acids is 1. The Morgan fingerprint density at radius 2 is 1.69 bits per heavy atom. The van der Waals surface area contributed by atoms with Crippen LogP contribution in [0, 0.1) is 5.92 Å². The van der Waals surface area contributed by atoms with Crippen molar-refractivity contribution in [3.63, 3.8) is 0 Å². The van der Waals surface area contributed by atoms with E-state index in [0.717, 1.165) is 12.8 Å². The highest BCUT2D eigenvalue weighted by molar-refractivity contribution is 5.86. The quantitative estimate of drug-likeness (QED) is 0.608. The Balaban J connectivity index is 2.69. The Labute approximate surface area is 173 Å². The monoisotopic (exact) mass is 406 g/mol. The maximum atomic E-state index is 12.5. The van der Waals surface area contributed by atoms with Crippen molar-refractivity contribution in [3.05, 3.63) is 35.9 Å². The first-order valence-electron chi connectivity index (χ1n) is 10.1. The molecule has 29 heavy (non-hydrogen) atoms. The summed E-state index contributed by atoms with van der Waals surface area (Å²) in [5.41, 5.74) is 1.19. The van der Waals surface area contributed by atoms with E-state index in [4.69, 9.17) is 4.74 Å². The van der Waals surface area contributed by atoms with Crippen molar-refractivity contribution in [2.45, 2.75) is 58.1 Å². The van der Waals surface area contributed by atoms with Gasteiger partial charge in [0.2, 0.25) is 12.0 Å². The van der Waals surface area contributed by atoms with E-state index in [2.05, 4.69) is 0 Å². The maximum absolute atomic E-state index is 12.5. The molecule has 0 bridgehead atoms. The zero-order valence-corrected chi connectivity index (χ0v) is 18.1. The van der Waals surface area contributed by atoms with E-state index in [1.54, 1.807) is 14.1 Å². The first-order valence-corrected chi connectivity index (χ1v) is 10.1. The van der Waals surface area contributed by atoms with E-state index in [0.29, 0.717) is 12.8 Å². The first kappa shape index (κ1) is 24.5. The van der Waals surface area contributed by atoms with Crippen LogP contribution in [0.15, 0.2) is 30.3 Å². The summed E-state index contributed by atoms with van der Waals surface area (Å²) < 4.78 is 5.27. The molecule has 2 amide bonds. The lowest BCUT2D eigenvalue weighted by molar-refractivity contribution is -0.148. The predicted octanol–water partition coefficient (Wildman–Crippen LogP) is 3.42. The minimum Gasteiger partial charge on any atom is -0.479 e. The van der Waals surface area contributed by atoms with Crippen molar-refractivity contribution in [1.29, 1.82) is 0 Å². The van der Waals surface area contributed by atoms with Crippen molar-refractivity contribution >= 4 is 18.0 Å². The summed E-state index contributed by atoms with van der Waals surface area (Å²) >= 11 is 0. The second kappa shape index (κ2) is 12.1. The molecule has 0 saturated carbocycles. The summed E-state index contributed by atoms with van der Waals surface area (Å²) in [6, 6.07) is 9.29. The van der Waals surface area contributed by atoms with Crippen LogP contribution in [0.25, 0.3) is 0 Å². The Hall–Kier alpha value is -2.57. The molecule has 1 N–H and O–H groups in total. The summed E-state index contributed by atoms with van der Waals surface area (Å²) in [6.07, 6.45) is 1.00. The molecule has 1 aromatic carbocycles. The van der Waals surface area contributed by atoms with Crippen LogP contribution in [0.4, 0.5) is 4.79 Å². The van der Waals surface area contributed by atoms with E-state index >= 15 is 0 Å². The lowest BCUT2D eigenvalue weighted by atomic mass is 9.95. The largest absolute Gasteiger partial charge is 0.479 e. The number of rotatable bonds is 11. The van der Waals surface area contributed by atoms with Gasteiger partial charge in [-0.3, -0.25) is 9.69 Å². The van der Waals surface area contributed by atoms with Crippen molar-refractivity contribution in [2.75, 3.05) is 21.1 Å². The third kappa shape index (κ3) is 8.13. The standard InChI is InChI=1S/C22H34N2O5/c1-6-10-18(20(25)23(3)4)24(5)22(28)29-19(21(26)27)15-16(2)13-14-17-11-8-7-9-12-17/h7-9,11-12,16,18-19H,6,10,13-15H2,1-5H3,(H,26,27). The number of aryl methyl sites for hydroxylation is 1. The second-order valence-electron chi connectivity index (χ2n) is 7.72. The van der Waals surface area contributed by atoms with Gasteiger partial charge >= 0.3 is 12.1 Å². The molecule has 162 valence electrons. The molecule has 0 fully saturated rings. The van der Waals surface area contributed by atoms with Crippen LogP contribution in [0.5, 0.6) is 0 Å². The average molecular weight is 407 g/mol. The number of carbonyl (C=O) groups excluding carboxylic acids is 2. The van der Waals surface area contributed by atoms with E-state index in [-0.39, 0.29) is 18.2 Å². The van der Waals surface area contributed by atoms with Gasteiger partial charge in [0.05, 0.1) is 0 Å². The summed E-state index contributed by atoms with van der Waals surface area (Å²) in [5.74, 6) is -1.33. The molecule has 1 rings (SSSR count). The number of carbonyl (C=O) groups is 3. The van der Waals surface area contributed by atoms with Gasteiger partial charge in [0.25, 0.3) is 0 Å². The lowest BCUT2D eigenvalue weighted by Gasteiger charge is -2.29. The predicted molar refractivity (Wildman–Crippen MR) is 112 cm³/mol. The normalized spacial score (nSPS) is 13.8. The highest BCUT2D eigenvalue weighted by Crippen LogP contribution is 2.18. The Kier molecular flexibility index (Phi) is 10.2. The van der Waals surface area contributed by atoms with E-state index in [1.807, 2.05) is 44.2 Å². The van der Waals surface area contributed by atoms with E-state index < -0.39 is 24.2 Å². The van der Waals surface area contributed by atoms with Gasteiger partial charge in [-0.25, -0.2) is 9.59 Å². The Bertz CT molecular complexity index is 662. The molecular weight excluding hydrogens is 372 g/mol. The Morgan fingerprint density at radius 3 is 2.21 bits per heavy atom. The van der Waals surface area contributed by atoms with Gasteiger partial charge in [0, 0.05) is 21.1 Å². The molecule has 7 heteroatoms. The van der Waals surface area contributed by atoms with Crippen molar-refractivity contribution in [1.82, 2.24) is 9.80 Å². The fourth-order valence-corrected chi connectivity index (χ4v) is 3.13. The number of hydrogen-bond acceptors (Lipinski definition) is 4. The Morgan fingerprint density at radius 1 is 1.07 bits per heavy atom. The maximum Gasteiger partial charge on any atom is 0.411 e. The van der Waals surface area contributed by atoms with Gasteiger partial charge in [0.15, 0.2) is 0 Å². The smallest absolute Gasteiger partial charge is 0.411 e. The fourth-order valence-electron chi connectivity index (χ4n) is 3.13.